The van der Waals surface area contributed by atoms with E-state index in [1.54, 1.807) is 18.3 Å². The van der Waals surface area contributed by atoms with E-state index in [0.717, 1.165) is 6.42 Å². The maximum atomic E-state index is 12.5. The van der Waals surface area contributed by atoms with Crippen LogP contribution in [0.1, 0.15) is 17.9 Å². The van der Waals surface area contributed by atoms with Crippen molar-refractivity contribution in [1.29, 1.82) is 0 Å². The first-order valence-corrected chi connectivity index (χ1v) is 9.02. The molecule has 0 radical (unpaired) electrons. The van der Waals surface area contributed by atoms with Crippen molar-refractivity contribution in [3.8, 4) is 0 Å². The monoisotopic (exact) mass is 363 g/mol. The van der Waals surface area contributed by atoms with Gasteiger partial charge in [-0.2, -0.15) is 0 Å². The standard InChI is InChI=1S/C21H21N3O3/c1-27-21(26)17-11-16(15-7-3-2-4-8-15)13-23(14-17)19-12-20(25)24-10-6-5-9-18(24)22-19/h2-10,12,16-17H,11,13-14H2,1H3/t16-,17+/m0/s1. The molecule has 4 rings (SSSR count). The molecule has 2 atom stereocenters. The highest BCUT2D eigenvalue weighted by molar-refractivity contribution is 5.73. The van der Waals surface area contributed by atoms with Gasteiger partial charge in [-0.15, -0.1) is 0 Å². The lowest BCUT2D eigenvalue weighted by Crippen LogP contribution is -2.43. The molecular formula is C21H21N3O3. The molecular weight excluding hydrogens is 342 g/mol. The number of pyridine rings is 1. The fourth-order valence-electron chi connectivity index (χ4n) is 3.79. The number of ether oxygens (including phenoxy) is 1. The molecule has 2 aromatic heterocycles. The predicted octanol–water partition coefficient (Wildman–Crippen LogP) is 2.48. The number of carbonyl (C=O) groups excluding carboxylic acids is 1. The van der Waals surface area contributed by atoms with Gasteiger partial charge in [-0.3, -0.25) is 14.0 Å². The third-order valence-electron chi connectivity index (χ3n) is 5.14. The fraction of sp³-hybridized carbons (Fsp3) is 0.286. The van der Waals surface area contributed by atoms with Crippen molar-refractivity contribution < 1.29 is 9.53 Å². The number of methoxy groups -OCH3 is 1. The molecule has 1 aromatic carbocycles. The van der Waals surface area contributed by atoms with E-state index in [2.05, 4.69) is 17.1 Å². The quantitative estimate of drug-likeness (QED) is 0.669. The molecule has 0 spiro atoms. The molecule has 1 aliphatic rings. The minimum Gasteiger partial charge on any atom is -0.469 e. The molecule has 6 heteroatoms. The van der Waals surface area contributed by atoms with Gasteiger partial charge >= 0.3 is 5.97 Å². The first-order chi connectivity index (χ1) is 13.2. The first kappa shape index (κ1) is 17.3. The Bertz CT molecular complexity index is 1020. The zero-order valence-corrected chi connectivity index (χ0v) is 15.1. The molecule has 0 aliphatic carbocycles. The lowest BCUT2D eigenvalue weighted by Gasteiger charge is -2.37. The van der Waals surface area contributed by atoms with Crippen molar-refractivity contribution in [2.45, 2.75) is 12.3 Å². The third-order valence-corrected chi connectivity index (χ3v) is 5.14. The molecule has 1 fully saturated rings. The molecule has 138 valence electrons. The van der Waals surface area contributed by atoms with Gasteiger partial charge in [-0.25, -0.2) is 4.98 Å². The van der Waals surface area contributed by atoms with E-state index >= 15 is 0 Å². The van der Waals surface area contributed by atoms with Gasteiger partial charge < -0.3 is 9.64 Å². The number of anilines is 1. The average molecular weight is 363 g/mol. The Morgan fingerprint density at radius 3 is 2.67 bits per heavy atom. The molecule has 3 heterocycles. The lowest BCUT2D eigenvalue weighted by molar-refractivity contribution is -0.145. The summed E-state index contributed by atoms with van der Waals surface area (Å²) in [5, 5.41) is 0. The van der Waals surface area contributed by atoms with Crippen LogP contribution in [-0.4, -0.2) is 35.6 Å². The summed E-state index contributed by atoms with van der Waals surface area (Å²) >= 11 is 0. The zero-order valence-electron chi connectivity index (χ0n) is 15.1. The Morgan fingerprint density at radius 1 is 1.11 bits per heavy atom. The lowest BCUT2D eigenvalue weighted by atomic mass is 9.84. The highest BCUT2D eigenvalue weighted by Crippen LogP contribution is 2.32. The second kappa shape index (κ2) is 7.23. The summed E-state index contributed by atoms with van der Waals surface area (Å²) in [4.78, 5) is 31.4. The molecule has 3 aromatic rings. The van der Waals surface area contributed by atoms with Crippen molar-refractivity contribution in [1.82, 2.24) is 9.38 Å². The van der Waals surface area contributed by atoms with Gasteiger partial charge in [0.2, 0.25) is 0 Å². The predicted molar refractivity (Wildman–Crippen MR) is 103 cm³/mol. The summed E-state index contributed by atoms with van der Waals surface area (Å²) in [7, 11) is 1.42. The first-order valence-electron chi connectivity index (χ1n) is 9.02. The van der Waals surface area contributed by atoms with E-state index in [9.17, 15) is 9.59 Å². The Labute approximate surface area is 157 Å². The summed E-state index contributed by atoms with van der Waals surface area (Å²) in [5.74, 6) is 0.281. The summed E-state index contributed by atoms with van der Waals surface area (Å²) in [6.45, 7) is 1.19. The number of hydrogen-bond donors (Lipinski definition) is 0. The number of hydrogen-bond acceptors (Lipinski definition) is 5. The van der Waals surface area contributed by atoms with Gasteiger partial charge in [-0.05, 0) is 24.1 Å². The average Bonchev–Trinajstić information content (AvgIpc) is 2.73. The minimum atomic E-state index is -0.259. The van der Waals surface area contributed by atoms with E-state index < -0.39 is 0 Å². The van der Waals surface area contributed by atoms with Crippen molar-refractivity contribution in [3.63, 3.8) is 0 Å². The van der Waals surface area contributed by atoms with Crippen LogP contribution in [0.3, 0.4) is 0 Å². The number of nitrogens with zero attached hydrogens (tertiary/aromatic N) is 3. The SMILES string of the molecule is COC(=O)[C@@H]1C[C@H](c2ccccc2)CN(c2cc(=O)n3ccccc3n2)C1. The molecule has 0 amide bonds. The Morgan fingerprint density at radius 2 is 1.89 bits per heavy atom. The van der Waals surface area contributed by atoms with Crippen molar-refractivity contribution in [2.24, 2.45) is 5.92 Å². The van der Waals surface area contributed by atoms with Crippen LogP contribution in [0.4, 0.5) is 5.82 Å². The summed E-state index contributed by atoms with van der Waals surface area (Å²) in [6, 6.07) is 17.1. The van der Waals surface area contributed by atoms with E-state index in [1.807, 2.05) is 29.2 Å². The number of fused-ring (bicyclic) bond motifs is 1. The summed E-state index contributed by atoms with van der Waals surface area (Å²) in [5.41, 5.74) is 1.64. The van der Waals surface area contributed by atoms with Crippen molar-refractivity contribution >= 4 is 17.4 Å². The maximum Gasteiger partial charge on any atom is 0.310 e. The molecule has 1 saturated heterocycles. The number of rotatable bonds is 3. The number of benzene rings is 1. The summed E-state index contributed by atoms with van der Waals surface area (Å²) < 4.78 is 6.51. The van der Waals surface area contributed by atoms with E-state index in [0.29, 0.717) is 24.6 Å². The van der Waals surface area contributed by atoms with E-state index in [4.69, 9.17) is 4.74 Å². The number of piperidine rings is 1. The maximum absolute atomic E-state index is 12.5. The van der Waals surface area contributed by atoms with Gasteiger partial charge in [-0.1, -0.05) is 36.4 Å². The van der Waals surface area contributed by atoms with Crippen LogP contribution in [-0.2, 0) is 9.53 Å². The van der Waals surface area contributed by atoms with E-state index in [1.165, 1.54) is 23.1 Å². The van der Waals surface area contributed by atoms with Crippen LogP contribution < -0.4 is 10.5 Å². The number of aromatic nitrogens is 2. The Balaban J connectivity index is 1.72. The Kier molecular flexibility index (Phi) is 4.62. The van der Waals surface area contributed by atoms with Crippen molar-refractivity contribution in [3.05, 3.63) is 76.7 Å². The second-order valence-corrected chi connectivity index (χ2v) is 6.85. The topological polar surface area (TPSA) is 63.9 Å². The zero-order chi connectivity index (χ0) is 18.8. The van der Waals surface area contributed by atoms with Crippen LogP contribution >= 0.6 is 0 Å². The van der Waals surface area contributed by atoms with Gasteiger partial charge in [0.05, 0.1) is 13.0 Å². The molecule has 0 N–H and O–H groups in total. The van der Waals surface area contributed by atoms with Gasteiger partial charge in [0.1, 0.15) is 11.5 Å². The molecule has 0 unspecified atom stereocenters. The largest absolute Gasteiger partial charge is 0.469 e. The smallest absolute Gasteiger partial charge is 0.310 e. The molecule has 0 bridgehead atoms. The third kappa shape index (κ3) is 3.43. The molecule has 27 heavy (non-hydrogen) atoms. The highest BCUT2D eigenvalue weighted by atomic mass is 16.5. The molecule has 0 saturated carbocycles. The van der Waals surface area contributed by atoms with Crippen LogP contribution in [0.5, 0.6) is 0 Å². The van der Waals surface area contributed by atoms with E-state index in [-0.39, 0.29) is 23.4 Å². The van der Waals surface area contributed by atoms with Crippen LogP contribution in [0, 0.1) is 5.92 Å². The van der Waals surface area contributed by atoms with Crippen LogP contribution in [0.15, 0.2) is 65.6 Å². The van der Waals surface area contributed by atoms with Gasteiger partial charge in [0.25, 0.3) is 5.56 Å². The summed E-state index contributed by atoms with van der Waals surface area (Å²) in [6.07, 6.45) is 2.43. The minimum absolute atomic E-state index is 0.132. The van der Waals surface area contributed by atoms with Crippen LogP contribution in [0.25, 0.3) is 5.65 Å². The fourth-order valence-corrected chi connectivity index (χ4v) is 3.79. The van der Waals surface area contributed by atoms with Crippen molar-refractivity contribution in [2.75, 3.05) is 25.1 Å². The molecule has 1 aliphatic heterocycles. The normalized spacial score (nSPS) is 19.8. The number of carbonyl (C=O) groups is 1. The Hall–Kier alpha value is -3.15. The van der Waals surface area contributed by atoms with Crippen LogP contribution in [0.2, 0.25) is 0 Å². The second-order valence-electron chi connectivity index (χ2n) is 6.85. The molecule has 6 nitrogen and oxygen atoms in total. The highest BCUT2D eigenvalue weighted by Gasteiger charge is 2.33. The van der Waals surface area contributed by atoms with Gasteiger partial charge in [0.15, 0.2) is 0 Å². The van der Waals surface area contributed by atoms with Gasteiger partial charge in [0, 0.05) is 31.3 Å². The number of esters is 1.